The zero-order valence-corrected chi connectivity index (χ0v) is 6.14. The molecule has 0 aromatic carbocycles. The molecule has 0 atom stereocenters. The predicted molar refractivity (Wildman–Crippen MR) is 44.4 cm³/mol. The lowest BCUT2D eigenvalue weighted by Gasteiger charge is -1.97. The van der Waals surface area contributed by atoms with E-state index < -0.39 is 0 Å². The van der Waals surface area contributed by atoms with Gasteiger partial charge in [-0.05, 0) is 24.8 Å². The van der Waals surface area contributed by atoms with Crippen LogP contribution < -0.4 is 5.73 Å². The minimum atomic E-state index is 0.882. The Morgan fingerprint density at radius 2 is 2.10 bits per heavy atom. The molecular formula is C9H13N. The van der Waals surface area contributed by atoms with Gasteiger partial charge in [-0.25, -0.2) is 0 Å². The van der Waals surface area contributed by atoms with Crippen LogP contribution in [0.5, 0.6) is 0 Å². The van der Waals surface area contributed by atoms with E-state index in [9.17, 15) is 0 Å². The fourth-order valence-corrected chi connectivity index (χ4v) is 1.07. The second-order valence-electron chi connectivity index (χ2n) is 2.45. The number of nitrogens with two attached hydrogens (primary N) is 1. The maximum Gasteiger partial charge on any atom is 0.0343 e. The molecule has 0 amide bonds. The Labute approximate surface area is 61.9 Å². The van der Waals surface area contributed by atoms with Crippen molar-refractivity contribution >= 4 is 0 Å². The van der Waals surface area contributed by atoms with Crippen molar-refractivity contribution in [2.45, 2.75) is 19.3 Å². The van der Waals surface area contributed by atoms with Crippen molar-refractivity contribution in [3.8, 4) is 0 Å². The van der Waals surface area contributed by atoms with E-state index >= 15 is 0 Å². The normalized spacial score (nSPS) is 18.8. The molecule has 1 aliphatic rings. The molecule has 0 heterocycles. The summed E-state index contributed by atoms with van der Waals surface area (Å²) in [6.07, 6.45) is 9.46. The minimum absolute atomic E-state index is 0.882. The molecule has 0 aliphatic heterocycles. The topological polar surface area (TPSA) is 26.0 Å². The van der Waals surface area contributed by atoms with Gasteiger partial charge in [0.2, 0.25) is 0 Å². The molecule has 1 rings (SSSR count). The summed E-state index contributed by atoms with van der Waals surface area (Å²) in [4.78, 5) is 0. The molecule has 0 bridgehead atoms. The van der Waals surface area contributed by atoms with Crippen LogP contribution in [0.4, 0.5) is 0 Å². The molecule has 54 valence electrons. The maximum absolute atomic E-state index is 5.71. The molecule has 0 spiro atoms. The highest BCUT2D eigenvalue weighted by molar-refractivity contribution is 5.37. The average molecular weight is 135 g/mol. The maximum atomic E-state index is 5.71. The van der Waals surface area contributed by atoms with E-state index in [0.29, 0.717) is 0 Å². The SMILES string of the molecule is C=CC1=CCCCC=C1N. The fourth-order valence-electron chi connectivity index (χ4n) is 1.07. The summed E-state index contributed by atoms with van der Waals surface area (Å²) in [5.74, 6) is 0. The Bertz CT molecular complexity index is 187. The van der Waals surface area contributed by atoms with E-state index in [-0.39, 0.29) is 0 Å². The van der Waals surface area contributed by atoms with Gasteiger partial charge in [0, 0.05) is 5.70 Å². The lowest BCUT2D eigenvalue weighted by Crippen LogP contribution is -1.97. The Balaban J connectivity index is 2.80. The van der Waals surface area contributed by atoms with Gasteiger partial charge in [-0.2, -0.15) is 0 Å². The summed E-state index contributed by atoms with van der Waals surface area (Å²) in [5.41, 5.74) is 7.69. The Kier molecular flexibility index (Phi) is 2.32. The molecule has 0 radical (unpaired) electrons. The lowest BCUT2D eigenvalue weighted by atomic mass is 10.2. The van der Waals surface area contributed by atoms with Crippen molar-refractivity contribution < 1.29 is 0 Å². The van der Waals surface area contributed by atoms with Gasteiger partial charge in [-0.15, -0.1) is 0 Å². The van der Waals surface area contributed by atoms with E-state index in [4.69, 9.17) is 5.73 Å². The van der Waals surface area contributed by atoms with Crippen molar-refractivity contribution in [1.82, 2.24) is 0 Å². The molecule has 0 fully saturated rings. The van der Waals surface area contributed by atoms with Gasteiger partial charge in [-0.1, -0.05) is 24.8 Å². The summed E-state index contributed by atoms with van der Waals surface area (Å²) in [6, 6.07) is 0. The molecule has 0 aromatic rings. The van der Waals surface area contributed by atoms with E-state index in [1.807, 2.05) is 6.08 Å². The molecule has 0 aromatic heterocycles. The van der Waals surface area contributed by atoms with Gasteiger partial charge in [0.1, 0.15) is 0 Å². The van der Waals surface area contributed by atoms with Crippen molar-refractivity contribution in [2.75, 3.05) is 0 Å². The van der Waals surface area contributed by atoms with Crippen LogP contribution in [0.3, 0.4) is 0 Å². The smallest absolute Gasteiger partial charge is 0.0343 e. The quantitative estimate of drug-likeness (QED) is 0.585. The first-order valence-corrected chi connectivity index (χ1v) is 3.63. The third kappa shape index (κ3) is 1.50. The van der Waals surface area contributed by atoms with E-state index in [1.165, 1.54) is 6.42 Å². The van der Waals surface area contributed by atoms with E-state index in [1.54, 1.807) is 0 Å². The second kappa shape index (κ2) is 3.25. The molecule has 1 nitrogen and oxygen atoms in total. The van der Waals surface area contributed by atoms with E-state index in [2.05, 4.69) is 18.7 Å². The summed E-state index contributed by atoms with van der Waals surface area (Å²) < 4.78 is 0. The first kappa shape index (κ1) is 7.13. The van der Waals surface area contributed by atoms with Gasteiger partial charge < -0.3 is 5.73 Å². The minimum Gasteiger partial charge on any atom is -0.399 e. The molecule has 0 unspecified atom stereocenters. The number of allylic oxidation sites excluding steroid dienone is 3. The predicted octanol–water partition coefficient (Wildman–Crippen LogP) is 2.13. The molecular weight excluding hydrogens is 122 g/mol. The van der Waals surface area contributed by atoms with Crippen LogP contribution in [-0.4, -0.2) is 0 Å². The molecule has 1 aliphatic carbocycles. The highest BCUT2D eigenvalue weighted by Crippen LogP contribution is 2.14. The third-order valence-electron chi connectivity index (χ3n) is 1.69. The van der Waals surface area contributed by atoms with Gasteiger partial charge in [0.25, 0.3) is 0 Å². The highest BCUT2D eigenvalue weighted by atomic mass is 14.6. The van der Waals surface area contributed by atoms with Crippen molar-refractivity contribution in [1.29, 1.82) is 0 Å². The highest BCUT2D eigenvalue weighted by Gasteiger charge is 1.98. The molecule has 0 saturated carbocycles. The summed E-state index contributed by atoms with van der Waals surface area (Å²) in [7, 11) is 0. The Hall–Kier alpha value is -0.980. The van der Waals surface area contributed by atoms with E-state index in [0.717, 1.165) is 24.1 Å². The fraction of sp³-hybridized carbons (Fsp3) is 0.333. The third-order valence-corrected chi connectivity index (χ3v) is 1.69. The van der Waals surface area contributed by atoms with Crippen LogP contribution in [0.1, 0.15) is 19.3 Å². The molecule has 0 saturated heterocycles. The van der Waals surface area contributed by atoms with Gasteiger partial charge >= 0.3 is 0 Å². The first-order valence-electron chi connectivity index (χ1n) is 3.63. The Morgan fingerprint density at radius 3 is 2.80 bits per heavy atom. The summed E-state index contributed by atoms with van der Waals surface area (Å²) in [6.45, 7) is 3.69. The van der Waals surface area contributed by atoms with Crippen molar-refractivity contribution in [3.63, 3.8) is 0 Å². The lowest BCUT2D eigenvalue weighted by molar-refractivity contribution is 0.873. The van der Waals surface area contributed by atoms with Crippen LogP contribution in [-0.2, 0) is 0 Å². The number of rotatable bonds is 1. The van der Waals surface area contributed by atoms with Crippen molar-refractivity contribution in [3.05, 3.63) is 36.1 Å². The zero-order chi connectivity index (χ0) is 7.40. The first-order chi connectivity index (χ1) is 4.84. The van der Waals surface area contributed by atoms with Gasteiger partial charge in [0.05, 0.1) is 0 Å². The standard InChI is InChI=1S/C9H13N/c1-2-8-6-4-3-5-7-9(8)10/h2,6-7H,1,3-5,10H2. The molecule has 1 heteroatoms. The molecule has 2 N–H and O–H groups in total. The van der Waals surface area contributed by atoms with Crippen LogP contribution in [0, 0.1) is 0 Å². The summed E-state index contributed by atoms with van der Waals surface area (Å²) in [5, 5.41) is 0. The van der Waals surface area contributed by atoms with Gasteiger partial charge in [-0.3, -0.25) is 0 Å². The second-order valence-corrected chi connectivity index (χ2v) is 2.45. The van der Waals surface area contributed by atoms with Gasteiger partial charge in [0.15, 0.2) is 0 Å². The number of hydrogen-bond donors (Lipinski definition) is 1. The summed E-state index contributed by atoms with van der Waals surface area (Å²) >= 11 is 0. The average Bonchev–Trinajstić information content (AvgIpc) is 2.13. The van der Waals surface area contributed by atoms with Crippen LogP contribution in [0.25, 0.3) is 0 Å². The van der Waals surface area contributed by atoms with Crippen LogP contribution >= 0.6 is 0 Å². The van der Waals surface area contributed by atoms with Crippen LogP contribution in [0.15, 0.2) is 36.1 Å². The number of hydrogen-bond acceptors (Lipinski definition) is 1. The molecule has 10 heavy (non-hydrogen) atoms. The zero-order valence-electron chi connectivity index (χ0n) is 6.14. The Morgan fingerprint density at radius 1 is 1.40 bits per heavy atom. The van der Waals surface area contributed by atoms with Crippen LogP contribution in [0.2, 0.25) is 0 Å². The van der Waals surface area contributed by atoms with Crippen molar-refractivity contribution in [2.24, 2.45) is 5.73 Å². The monoisotopic (exact) mass is 135 g/mol. The largest absolute Gasteiger partial charge is 0.399 e.